The van der Waals surface area contributed by atoms with Gasteiger partial charge in [0.05, 0.1) is 33.5 Å². The van der Waals surface area contributed by atoms with Gasteiger partial charge in [-0.05, 0) is 47.5 Å². The van der Waals surface area contributed by atoms with Crippen molar-refractivity contribution in [1.29, 1.82) is 0 Å². The van der Waals surface area contributed by atoms with E-state index >= 15 is 0 Å². The highest BCUT2D eigenvalue weighted by atomic mass is 35.5. The van der Waals surface area contributed by atoms with E-state index in [-0.39, 0.29) is 5.91 Å². The predicted molar refractivity (Wildman–Crippen MR) is 132 cm³/mol. The summed E-state index contributed by atoms with van der Waals surface area (Å²) < 4.78 is 22.5. The summed E-state index contributed by atoms with van der Waals surface area (Å²) in [6.45, 7) is 6.91. The molecule has 2 aliphatic rings. The molecule has 1 unspecified atom stereocenters. The fourth-order valence-electron chi connectivity index (χ4n) is 4.43. The average molecular weight is 485 g/mol. The molecule has 0 aliphatic carbocycles. The smallest absolute Gasteiger partial charge is 0.253 e. The number of piperazine rings is 1. The Kier molecular flexibility index (Phi) is 7.34. The zero-order valence-electron chi connectivity index (χ0n) is 19.7. The van der Waals surface area contributed by atoms with Gasteiger partial charge < -0.3 is 28.7 Å². The van der Waals surface area contributed by atoms with Crippen molar-refractivity contribution in [2.24, 2.45) is 0 Å². The molecule has 2 aromatic rings. The van der Waals surface area contributed by atoms with Gasteiger partial charge in [-0.2, -0.15) is 0 Å². The number of hydrogen-bond acceptors (Lipinski definition) is 6. The van der Waals surface area contributed by atoms with Crippen LogP contribution in [-0.2, 0) is 9.53 Å². The van der Waals surface area contributed by atoms with Crippen molar-refractivity contribution in [2.75, 3.05) is 59.0 Å². The monoisotopic (exact) mass is 484 g/mol. The van der Waals surface area contributed by atoms with Gasteiger partial charge in [-0.15, -0.1) is 0 Å². The van der Waals surface area contributed by atoms with Crippen LogP contribution in [-0.4, -0.2) is 64.9 Å². The number of benzene rings is 2. The van der Waals surface area contributed by atoms with Crippen LogP contribution in [0.4, 0.5) is 5.69 Å². The lowest BCUT2D eigenvalue weighted by atomic mass is 9.97. The number of ether oxygens (including phenoxy) is 4. The fraction of sp³-hybridized carbons (Fsp3) is 0.346. The molecule has 34 heavy (non-hydrogen) atoms. The Bertz CT molecular complexity index is 1070. The molecule has 0 bridgehead atoms. The molecule has 4 rings (SSSR count). The van der Waals surface area contributed by atoms with E-state index in [1.807, 2.05) is 41.3 Å². The lowest BCUT2D eigenvalue weighted by Gasteiger charge is -2.37. The van der Waals surface area contributed by atoms with Crippen LogP contribution in [0.25, 0.3) is 0 Å². The third kappa shape index (κ3) is 4.58. The second kappa shape index (κ2) is 10.4. The molecule has 8 heteroatoms. The van der Waals surface area contributed by atoms with Crippen LogP contribution in [0.2, 0.25) is 5.02 Å². The summed E-state index contributed by atoms with van der Waals surface area (Å²) in [4.78, 5) is 17.8. The summed E-state index contributed by atoms with van der Waals surface area (Å²) in [5.41, 5.74) is 3.25. The highest BCUT2D eigenvalue weighted by Gasteiger charge is 2.36. The van der Waals surface area contributed by atoms with E-state index in [1.165, 1.54) is 0 Å². The number of hydrogen-bond donors (Lipinski definition) is 0. The molecule has 1 atom stereocenters. The number of anilines is 1. The number of carbonyl (C=O) groups is 1. The van der Waals surface area contributed by atoms with Crippen molar-refractivity contribution in [3.05, 3.63) is 70.8 Å². The maximum Gasteiger partial charge on any atom is 0.253 e. The molecule has 1 amide bonds. The Labute approximate surface area is 205 Å². The molecular formula is C26H29ClN2O5. The number of halogens is 1. The third-order valence-electron chi connectivity index (χ3n) is 6.24. The predicted octanol–water partition coefficient (Wildman–Crippen LogP) is 4.27. The summed E-state index contributed by atoms with van der Waals surface area (Å²) in [5, 5.41) is 0.709. The van der Waals surface area contributed by atoms with E-state index in [0.29, 0.717) is 47.5 Å². The molecule has 0 aromatic heterocycles. The number of carbonyl (C=O) groups excluding carboxylic acids is 1. The SMILES string of the molecule is C=CC1=C(C(=O)N2CCN(c3ccc(Cl)cc3)CC2)C(c2cc(OC)c(OC)c(OC)c2)OC1. The number of amides is 1. The van der Waals surface area contributed by atoms with E-state index in [4.69, 9.17) is 30.5 Å². The minimum Gasteiger partial charge on any atom is -0.493 e. The molecule has 1 saturated heterocycles. The summed E-state index contributed by atoms with van der Waals surface area (Å²) in [6.07, 6.45) is 1.15. The minimum atomic E-state index is -0.552. The van der Waals surface area contributed by atoms with Crippen LogP contribution in [0.15, 0.2) is 60.2 Å². The molecule has 1 fully saturated rings. The largest absolute Gasteiger partial charge is 0.493 e. The number of nitrogens with zero attached hydrogens (tertiary/aromatic N) is 2. The van der Waals surface area contributed by atoms with E-state index in [9.17, 15) is 4.79 Å². The van der Waals surface area contributed by atoms with Gasteiger partial charge in [-0.1, -0.05) is 24.3 Å². The summed E-state index contributed by atoms with van der Waals surface area (Å²) in [7, 11) is 4.68. The molecule has 0 N–H and O–H groups in total. The van der Waals surface area contributed by atoms with Crippen molar-refractivity contribution in [3.8, 4) is 17.2 Å². The van der Waals surface area contributed by atoms with Crippen molar-refractivity contribution >= 4 is 23.2 Å². The highest BCUT2D eigenvalue weighted by molar-refractivity contribution is 6.30. The van der Waals surface area contributed by atoms with Gasteiger partial charge in [-0.3, -0.25) is 4.79 Å². The number of rotatable bonds is 7. The standard InChI is InChI=1S/C26H29ClN2O5/c1-5-17-16-34-24(18-14-21(31-2)25(33-4)22(15-18)32-3)23(17)26(30)29-12-10-28(11-13-29)20-8-6-19(27)7-9-20/h5-9,14-15,24H,1,10-13,16H2,2-4H3. The van der Waals surface area contributed by atoms with E-state index in [1.54, 1.807) is 27.4 Å². The Morgan fingerprint density at radius 1 is 1.03 bits per heavy atom. The van der Waals surface area contributed by atoms with Gasteiger partial charge in [-0.25, -0.2) is 0 Å². The van der Waals surface area contributed by atoms with E-state index < -0.39 is 6.10 Å². The molecule has 180 valence electrons. The van der Waals surface area contributed by atoms with Crippen LogP contribution >= 0.6 is 11.6 Å². The Balaban J connectivity index is 1.57. The topological polar surface area (TPSA) is 60.5 Å². The molecule has 2 aromatic carbocycles. The first-order chi connectivity index (χ1) is 16.5. The first-order valence-electron chi connectivity index (χ1n) is 11.1. The molecule has 7 nitrogen and oxygen atoms in total. The van der Waals surface area contributed by atoms with Gasteiger partial charge in [0.1, 0.15) is 6.10 Å². The van der Waals surface area contributed by atoms with Crippen molar-refractivity contribution in [2.45, 2.75) is 6.10 Å². The van der Waals surface area contributed by atoms with Crippen molar-refractivity contribution < 1.29 is 23.7 Å². The molecular weight excluding hydrogens is 456 g/mol. The van der Waals surface area contributed by atoms with Gasteiger partial charge in [0.2, 0.25) is 5.75 Å². The normalized spacial score (nSPS) is 18.2. The first-order valence-corrected chi connectivity index (χ1v) is 11.4. The zero-order chi connectivity index (χ0) is 24.2. The maximum absolute atomic E-state index is 13.7. The maximum atomic E-state index is 13.7. The molecule has 0 radical (unpaired) electrons. The van der Waals surface area contributed by atoms with Crippen molar-refractivity contribution in [1.82, 2.24) is 4.90 Å². The fourth-order valence-corrected chi connectivity index (χ4v) is 4.55. The van der Waals surface area contributed by atoms with E-state index in [0.717, 1.165) is 29.9 Å². The Morgan fingerprint density at radius 2 is 1.65 bits per heavy atom. The van der Waals surface area contributed by atoms with Gasteiger partial charge in [0, 0.05) is 36.9 Å². The molecule has 0 spiro atoms. The van der Waals surface area contributed by atoms with Crippen molar-refractivity contribution in [3.63, 3.8) is 0 Å². The van der Waals surface area contributed by atoms with Crippen LogP contribution < -0.4 is 19.1 Å². The number of methoxy groups -OCH3 is 3. The van der Waals surface area contributed by atoms with E-state index in [2.05, 4.69) is 11.5 Å². The minimum absolute atomic E-state index is 0.0399. The summed E-state index contributed by atoms with van der Waals surface area (Å²) in [5.74, 6) is 1.47. The summed E-state index contributed by atoms with van der Waals surface area (Å²) >= 11 is 6.02. The molecule has 2 aliphatic heterocycles. The second-order valence-corrected chi connectivity index (χ2v) is 8.48. The first kappa shape index (κ1) is 24.0. The van der Waals surface area contributed by atoms with Crippen LogP contribution in [0.3, 0.4) is 0 Å². The lowest BCUT2D eigenvalue weighted by Crippen LogP contribution is -2.49. The van der Waals surface area contributed by atoms with Gasteiger partial charge in [0.15, 0.2) is 11.5 Å². The molecule has 2 heterocycles. The highest BCUT2D eigenvalue weighted by Crippen LogP contribution is 2.44. The quantitative estimate of drug-likeness (QED) is 0.585. The molecule has 0 saturated carbocycles. The van der Waals surface area contributed by atoms with Crippen LogP contribution in [0.5, 0.6) is 17.2 Å². The lowest BCUT2D eigenvalue weighted by molar-refractivity contribution is -0.128. The average Bonchev–Trinajstić information content (AvgIpc) is 3.32. The third-order valence-corrected chi connectivity index (χ3v) is 6.49. The van der Waals surface area contributed by atoms with Crippen LogP contribution in [0.1, 0.15) is 11.7 Å². The van der Waals surface area contributed by atoms with Crippen LogP contribution in [0, 0.1) is 0 Å². The Morgan fingerprint density at radius 3 is 2.18 bits per heavy atom. The van der Waals surface area contributed by atoms with Gasteiger partial charge >= 0.3 is 0 Å². The Hall–Kier alpha value is -3.16. The second-order valence-electron chi connectivity index (χ2n) is 8.05. The zero-order valence-corrected chi connectivity index (χ0v) is 20.4. The summed E-state index contributed by atoms with van der Waals surface area (Å²) in [6, 6.07) is 11.4. The van der Waals surface area contributed by atoms with Gasteiger partial charge in [0.25, 0.3) is 5.91 Å².